The van der Waals surface area contributed by atoms with Gasteiger partial charge in [0.2, 0.25) is 5.78 Å². The number of carbonyl (C=O) groups excluding carboxylic acids is 2. The third-order valence-electron chi connectivity index (χ3n) is 3.72. The minimum Gasteiger partial charge on any atom is -0.497 e. The number of ketones is 1. The molecule has 0 aliphatic heterocycles. The van der Waals surface area contributed by atoms with Gasteiger partial charge in [-0.05, 0) is 34.1 Å². The van der Waals surface area contributed by atoms with Crippen molar-refractivity contribution in [1.82, 2.24) is 9.13 Å². The highest BCUT2D eigenvalue weighted by Gasteiger charge is 2.22. The molecule has 0 spiro atoms. The predicted molar refractivity (Wildman–Crippen MR) is 96.6 cm³/mol. The molecule has 0 fully saturated rings. The Morgan fingerprint density at radius 3 is 2.46 bits per heavy atom. The van der Waals surface area contributed by atoms with Gasteiger partial charge in [0.1, 0.15) is 17.1 Å². The lowest BCUT2D eigenvalue weighted by molar-refractivity contribution is 0.0473. The van der Waals surface area contributed by atoms with Gasteiger partial charge in [-0.25, -0.2) is 9.59 Å². The standard InChI is InChI=1S/C16H16BrN3O6/c1-19-13(18)12(14(22)20(2)16(19)24)11(21)7-26-15(23)9-6-8(25-3)4-5-10(9)17/h4-6H,7,18H2,1-3H3. The largest absolute Gasteiger partial charge is 0.497 e. The number of Topliss-reactive ketones (excluding diaryl/α,β-unsaturated/α-hetero) is 1. The molecule has 0 aliphatic rings. The molecule has 0 aliphatic carbocycles. The molecule has 10 heteroatoms. The number of hydrogen-bond acceptors (Lipinski definition) is 7. The van der Waals surface area contributed by atoms with Crippen molar-refractivity contribution in [3.05, 3.63) is 54.6 Å². The van der Waals surface area contributed by atoms with Crippen LogP contribution in [0.25, 0.3) is 0 Å². The Balaban J connectivity index is 2.26. The van der Waals surface area contributed by atoms with Crippen LogP contribution in [-0.4, -0.2) is 34.6 Å². The summed E-state index contributed by atoms with van der Waals surface area (Å²) in [4.78, 5) is 48.4. The Kier molecular flexibility index (Phi) is 5.66. The molecule has 0 radical (unpaired) electrons. The second kappa shape index (κ2) is 7.56. The molecule has 0 bridgehead atoms. The normalized spacial score (nSPS) is 10.5. The van der Waals surface area contributed by atoms with Crippen molar-refractivity contribution in [3.63, 3.8) is 0 Å². The van der Waals surface area contributed by atoms with Crippen LogP contribution in [0.1, 0.15) is 20.7 Å². The minimum absolute atomic E-state index is 0.151. The molecule has 2 rings (SSSR count). The van der Waals surface area contributed by atoms with Crippen molar-refractivity contribution in [3.8, 4) is 5.75 Å². The predicted octanol–water partition coefficient (Wildman–Crippen LogP) is 0.477. The highest BCUT2D eigenvalue weighted by molar-refractivity contribution is 9.10. The fraction of sp³-hybridized carbons (Fsp3) is 0.250. The zero-order chi connectivity index (χ0) is 19.6. The molecule has 2 N–H and O–H groups in total. The second-order valence-corrected chi connectivity index (χ2v) is 6.17. The van der Waals surface area contributed by atoms with E-state index in [1.807, 2.05) is 0 Å². The molecule has 1 aromatic carbocycles. The number of benzene rings is 1. The highest BCUT2D eigenvalue weighted by atomic mass is 79.9. The van der Waals surface area contributed by atoms with Gasteiger partial charge in [0, 0.05) is 18.6 Å². The maximum Gasteiger partial charge on any atom is 0.339 e. The van der Waals surface area contributed by atoms with Crippen molar-refractivity contribution in [2.45, 2.75) is 0 Å². The third kappa shape index (κ3) is 3.54. The first-order valence-electron chi connectivity index (χ1n) is 7.28. The van der Waals surface area contributed by atoms with Crippen LogP contribution in [0.5, 0.6) is 5.75 Å². The van der Waals surface area contributed by atoms with Gasteiger partial charge >= 0.3 is 11.7 Å². The number of nitrogens with two attached hydrogens (primary N) is 1. The van der Waals surface area contributed by atoms with Gasteiger partial charge in [0.15, 0.2) is 6.61 Å². The van der Waals surface area contributed by atoms with Crippen LogP contribution in [0.4, 0.5) is 5.82 Å². The summed E-state index contributed by atoms with van der Waals surface area (Å²) in [6.07, 6.45) is 0. The van der Waals surface area contributed by atoms with Crippen LogP contribution in [0, 0.1) is 0 Å². The van der Waals surface area contributed by atoms with Gasteiger partial charge in [-0.1, -0.05) is 0 Å². The van der Waals surface area contributed by atoms with Gasteiger partial charge < -0.3 is 15.2 Å². The zero-order valence-electron chi connectivity index (χ0n) is 14.2. The van der Waals surface area contributed by atoms with Crippen molar-refractivity contribution in [2.75, 3.05) is 19.5 Å². The van der Waals surface area contributed by atoms with E-state index < -0.39 is 35.2 Å². The number of ether oxygens (including phenoxy) is 2. The number of esters is 1. The number of nitrogen functional groups attached to an aromatic ring is 1. The number of hydrogen-bond donors (Lipinski definition) is 1. The fourth-order valence-electron chi connectivity index (χ4n) is 2.19. The molecule has 9 nitrogen and oxygen atoms in total. The summed E-state index contributed by atoms with van der Waals surface area (Å²) in [6.45, 7) is -0.708. The number of carbonyl (C=O) groups is 2. The molecule has 0 saturated carbocycles. The van der Waals surface area contributed by atoms with Crippen LogP contribution in [0.15, 0.2) is 32.3 Å². The summed E-state index contributed by atoms with van der Waals surface area (Å²) in [7, 11) is 3.99. The topological polar surface area (TPSA) is 123 Å². The van der Waals surface area contributed by atoms with Crippen molar-refractivity contribution in [1.29, 1.82) is 0 Å². The van der Waals surface area contributed by atoms with E-state index in [4.69, 9.17) is 15.2 Å². The van der Waals surface area contributed by atoms with Crippen LogP contribution in [0.2, 0.25) is 0 Å². The van der Waals surface area contributed by atoms with Crippen LogP contribution in [-0.2, 0) is 18.8 Å². The molecule has 1 aromatic heterocycles. The summed E-state index contributed by atoms with van der Waals surface area (Å²) in [5.41, 5.74) is 3.92. The van der Waals surface area contributed by atoms with E-state index in [0.29, 0.717) is 10.2 Å². The van der Waals surface area contributed by atoms with Gasteiger partial charge in [-0.15, -0.1) is 0 Å². The number of anilines is 1. The minimum atomic E-state index is -0.853. The van der Waals surface area contributed by atoms with Crippen LogP contribution >= 0.6 is 15.9 Å². The maximum atomic E-state index is 12.3. The van der Waals surface area contributed by atoms with Gasteiger partial charge in [-0.3, -0.25) is 18.7 Å². The highest BCUT2D eigenvalue weighted by Crippen LogP contribution is 2.23. The van der Waals surface area contributed by atoms with E-state index in [9.17, 15) is 19.2 Å². The number of rotatable bonds is 5. The SMILES string of the molecule is COc1ccc(Br)c(C(=O)OCC(=O)c2c(N)n(C)c(=O)n(C)c2=O)c1. The number of halogens is 1. The summed E-state index contributed by atoms with van der Waals surface area (Å²) in [6, 6.07) is 4.68. The summed E-state index contributed by atoms with van der Waals surface area (Å²) < 4.78 is 12.2. The summed E-state index contributed by atoms with van der Waals surface area (Å²) in [5.74, 6) is -1.46. The monoisotopic (exact) mass is 425 g/mol. The smallest absolute Gasteiger partial charge is 0.339 e. The van der Waals surface area contributed by atoms with E-state index in [1.54, 1.807) is 12.1 Å². The van der Waals surface area contributed by atoms with Gasteiger partial charge in [-0.2, -0.15) is 0 Å². The average Bonchev–Trinajstić information content (AvgIpc) is 2.63. The molecule has 0 amide bonds. The Morgan fingerprint density at radius 2 is 1.85 bits per heavy atom. The zero-order valence-corrected chi connectivity index (χ0v) is 15.8. The molecule has 26 heavy (non-hydrogen) atoms. The maximum absolute atomic E-state index is 12.3. The van der Waals surface area contributed by atoms with Crippen molar-refractivity contribution >= 4 is 33.5 Å². The second-order valence-electron chi connectivity index (χ2n) is 5.31. The van der Waals surface area contributed by atoms with Crippen molar-refractivity contribution < 1.29 is 19.1 Å². The molecular weight excluding hydrogens is 410 g/mol. The lowest BCUT2D eigenvalue weighted by Crippen LogP contribution is -2.42. The number of methoxy groups -OCH3 is 1. The quantitative estimate of drug-likeness (QED) is 0.545. The van der Waals surface area contributed by atoms with Crippen molar-refractivity contribution in [2.24, 2.45) is 14.1 Å². The summed E-state index contributed by atoms with van der Waals surface area (Å²) in [5, 5.41) is 0. The first-order valence-corrected chi connectivity index (χ1v) is 8.07. The molecule has 0 unspecified atom stereocenters. The van der Waals surface area contributed by atoms with E-state index in [1.165, 1.54) is 27.3 Å². The van der Waals surface area contributed by atoms with E-state index in [-0.39, 0.29) is 11.4 Å². The van der Waals surface area contributed by atoms with Crippen LogP contribution in [0.3, 0.4) is 0 Å². The van der Waals surface area contributed by atoms with E-state index in [0.717, 1.165) is 9.13 Å². The molecule has 1 heterocycles. The van der Waals surface area contributed by atoms with Gasteiger partial charge in [0.05, 0.1) is 12.7 Å². The Bertz CT molecular complexity index is 1010. The Labute approximate surface area is 156 Å². The lowest BCUT2D eigenvalue weighted by Gasteiger charge is -2.11. The Morgan fingerprint density at radius 1 is 1.19 bits per heavy atom. The molecule has 0 atom stereocenters. The molecule has 138 valence electrons. The number of nitrogens with zero attached hydrogens (tertiary/aromatic N) is 2. The first kappa shape index (κ1) is 19.4. The molecular formula is C16H16BrN3O6. The van der Waals surface area contributed by atoms with Gasteiger partial charge in [0.25, 0.3) is 5.56 Å². The molecule has 2 aromatic rings. The summed E-state index contributed by atoms with van der Waals surface area (Å²) >= 11 is 3.21. The average molecular weight is 426 g/mol. The fourth-order valence-corrected chi connectivity index (χ4v) is 2.60. The number of aromatic nitrogens is 2. The molecule has 0 saturated heterocycles. The third-order valence-corrected chi connectivity index (χ3v) is 4.41. The van der Waals surface area contributed by atoms with Crippen LogP contribution < -0.4 is 21.7 Å². The first-order chi connectivity index (χ1) is 12.2. The van der Waals surface area contributed by atoms with E-state index >= 15 is 0 Å². The lowest BCUT2D eigenvalue weighted by atomic mass is 10.2. The Hall–Kier alpha value is -2.88. The van der Waals surface area contributed by atoms with E-state index in [2.05, 4.69) is 15.9 Å².